The maximum absolute atomic E-state index is 12.3. The first-order chi connectivity index (χ1) is 10.3. The van der Waals surface area contributed by atoms with E-state index in [1.807, 2.05) is 0 Å². The van der Waals surface area contributed by atoms with Crippen molar-refractivity contribution in [2.75, 3.05) is 4.72 Å². The highest BCUT2D eigenvalue weighted by Gasteiger charge is 2.19. The molecule has 0 amide bonds. The van der Waals surface area contributed by atoms with Gasteiger partial charge in [-0.05, 0) is 36.4 Å². The Balaban J connectivity index is 2.23. The summed E-state index contributed by atoms with van der Waals surface area (Å²) in [6.45, 7) is 0. The molecular formula is C13H9Cl2F2NO2S2. The van der Waals surface area contributed by atoms with Crippen LogP contribution in [-0.4, -0.2) is 14.2 Å². The number of thioether (sulfide) groups is 1. The fourth-order valence-electron chi connectivity index (χ4n) is 1.61. The van der Waals surface area contributed by atoms with Crippen LogP contribution in [0.1, 0.15) is 0 Å². The summed E-state index contributed by atoms with van der Waals surface area (Å²) < 4.78 is 51.3. The number of alkyl halides is 2. The van der Waals surface area contributed by atoms with Gasteiger partial charge in [0.15, 0.2) is 0 Å². The summed E-state index contributed by atoms with van der Waals surface area (Å²) in [5, 5.41) is 0.0368. The summed E-state index contributed by atoms with van der Waals surface area (Å²) in [5.41, 5.74) is 0.231. The molecule has 0 bridgehead atoms. The highest BCUT2D eigenvalue weighted by molar-refractivity contribution is 7.99. The molecule has 0 aliphatic rings. The van der Waals surface area contributed by atoms with Crippen molar-refractivity contribution in [3.8, 4) is 0 Å². The average Bonchev–Trinajstić information content (AvgIpc) is 2.43. The second-order valence-electron chi connectivity index (χ2n) is 4.06. The quantitative estimate of drug-likeness (QED) is 0.729. The van der Waals surface area contributed by atoms with Gasteiger partial charge in [-0.15, -0.1) is 0 Å². The van der Waals surface area contributed by atoms with E-state index in [0.717, 1.165) is 0 Å². The van der Waals surface area contributed by atoms with Gasteiger partial charge in [0.2, 0.25) is 0 Å². The van der Waals surface area contributed by atoms with E-state index in [9.17, 15) is 17.2 Å². The van der Waals surface area contributed by atoms with Crippen molar-refractivity contribution in [2.24, 2.45) is 0 Å². The highest BCUT2D eigenvalue weighted by atomic mass is 35.5. The molecule has 0 aliphatic heterocycles. The molecule has 22 heavy (non-hydrogen) atoms. The topological polar surface area (TPSA) is 46.2 Å². The SMILES string of the molecule is O=S(=O)(Nc1ccc(SC(F)F)cc1)c1cccc(Cl)c1Cl. The molecule has 0 radical (unpaired) electrons. The van der Waals surface area contributed by atoms with E-state index in [1.165, 1.54) is 42.5 Å². The zero-order valence-corrected chi connectivity index (χ0v) is 13.9. The van der Waals surface area contributed by atoms with Crippen LogP contribution < -0.4 is 4.72 Å². The van der Waals surface area contributed by atoms with Gasteiger partial charge in [-0.25, -0.2) is 8.42 Å². The van der Waals surface area contributed by atoms with Crippen molar-refractivity contribution in [1.82, 2.24) is 0 Å². The van der Waals surface area contributed by atoms with Gasteiger partial charge < -0.3 is 0 Å². The third kappa shape index (κ3) is 4.25. The fourth-order valence-corrected chi connectivity index (χ4v) is 3.93. The van der Waals surface area contributed by atoms with Gasteiger partial charge in [-0.3, -0.25) is 4.72 Å². The minimum Gasteiger partial charge on any atom is -0.280 e. The molecule has 0 heterocycles. The van der Waals surface area contributed by atoms with Crippen LogP contribution in [0.5, 0.6) is 0 Å². The Bertz CT molecular complexity index is 768. The Morgan fingerprint density at radius 2 is 1.68 bits per heavy atom. The minimum atomic E-state index is -3.92. The maximum Gasteiger partial charge on any atom is 0.288 e. The molecule has 118 valence electrons. The predicted octanol–water partition coefficient (Wildman–Crippen LogP) is 5.11. The normalized spacial score (nSPS) is 11.7. The summed E-state index contributed by atoms with van der Waals surface area (Å²) in [4.78, 5) is 0.173. The Morgan fingerprint density at radius 1 is 1.05 bits per heavy atom. The van der Waals surface area contributed by atoms with E-state index in [-0.39, 0.29) is 20.6 Å². The second-order valence-corrected chi connectivity index (χ2v) is 7.56. The van der Waals surface area contributed by atoms with E-state index in [2.05, 4.69) is 4.72 Å². The Kier molecular flexibility index (Phi) is 5.55. The molecule has 0 spiro atoms. The van der Waals surface area contributed by atoms with Crippen LogP contribution in [0.25, 0.3) is 0 Å². The molecule has 0 atom stereocenters. The lowest BCUT2D eigenvalue weighted by Crippen LogP contribution is -2.13. The number of hydrogen-bond donors (Lipinski definition) is 1. The lowest BCUT2D eigenvalue weighted by Gasteiger charge is -2.10. The first kappa shape index (κ1) is 17.3. The average molecular weight is 384 g/mol. The summed E-state index contributed by atoms with van der Waals surface area (Å²) in [6.07, 6.45) is 0. The molecule has 0 saturated heterocycles. The number of benzene rings is 2. The van der Waals surface area contributed by atoms with Crippen molar-refractivity contribution in [2.45, 2.75) is 15.5 Å². The molecule has 2 rings (SSSR count). The van der Waals surface area contributed by atoms with Crippen LogP contribution in [-0.2, 0) is 10.0 Å². The lowest BCUT2D eigenvalue weighted by molar-refractivity contribution is 0.252. The molecule has 2 aromatic carbocycles. The van der Waals surface area contributed by atoms with Crippen LogP contribution in [0.2, 0.25) is 10.0 Å². The van der Waals surface area contributed by atoms with Crippen molar-refractivity contribution in [3.63, 3.8) is 0 Å². The lowest BCUT2D eigenvalue weighted by atomic mass is 10.3. The van der Waals surface area contributed by atoms with Crippen molar-refractivity contribution < 1.29 is 17.2 Å². The Labute approximate surface area is 140 Å². The van der Waals surface area contributed by atoms with E-state index in [4.69, 9.17) is 23.2 Å². The molecule has 0 aliphatic carbocycles. The van der Waals surface area contributed by atoms with Gasteiger partial charge in [0, 0.05) is 10.6 Å². The van der Waals surface area contributed by atoms with Crippen LogP contribution in [0, 0.1) is 0 Å². The van der Waals surface area contributed by atoms with E-state index in [1.54, 1.807) is 0 Å². The smallest absolute Gasteiger partial charge is 0.280 e. The molecule has 0 aromatic heterocycles. The summed E-state index contributed by atoms with van der Waals surface area (Å²) in [7, 11) is -3.92. The van der Waals surface area contributed by atoms with Crippen LogP contribution in [0.15, 0.2) is 52.3 Å². The van der Waals surface area contributed by atoms with Crippen LogP contribution in [0.3, 0.4) is 0 Å². The molecule has 2 aromatic rings. The number of halogens is 4. The number of sulfonamides is 1. The summed E-state index contributed by atoms with van der Waals surface area (Å²) in [5.74, 6) is -2.53. The Morgan fingerprint density at radius 3 is 2.27 bits per heavy atom. The van der Waals surface area contributed by atoms with Gasteiger partial charge in [0.05, 0.1) is 10.0 Å². The maximum atomic E-state index is 12.3. The van der Waals surface area contributed by atoms with Gasteiger partial charge in [-0.2, -0.15) is 8.78 Å². The number of rotatable bonds is 5. The minimum absolute atomic E-state index is 0.0819. The molecular weight excluding hydrogens is 375 g/mol. The third-order valence-electron chi connectivity index (χ3n) is 2.54. The van der Waals surface area contributed by atoms with E-state index in [0.29, 0.717) is 16.7 Å². The number of anilines is 1. The predicted molar refractivity (Wildman–Crippen MR) is 85.6 cm³/mol. The first-order valence-corrected chi connectivity index (χ1v) is 8.93. The van der Waals surface area contributed by atoms with Gasteiger partial charge in [0.25, 0.3) is 15.8 Å². The zero-order valence-electron chi connectivity index (χ0n) is 10.8. The molecule has 0 saturated carbocycles. The van der Waals surface area contributed by atoms with Gasteiger partial charge in [-0.1, -0.05) is 41.0 Å². The summed E-state index contributed by atoms with van der Waals surface area (Å²) in [6, 6.07) is 9.83. The van der Waals surface area contributed by atoms with Gasteiger partial charge >= 0.3 is 0 Å². The molecule has 3 nitrogen and oxygen atoms in total. The van der Waals surface area contributed by atoms with Gasteiger partial charge in [0.1, 0.15) is 4.90 Å². The third-order valence-corrected chi connectivity index (χ3v) is 5.61. The van der Waals surface area contributed by atoms with Crippen molar-refractivity contribution in [1.29, 1.82) is 0 Å². The monoisotopic (exact) mass is 383 g/mol. The zero-order chi connectivity index (χ0) is 16.3. The molecule has 0 fully saturated rings. The highest BCUT2D eigenvalue weighted by Crippen LogP contribution is 2.31. The molecule has 9 heteroatoms. The van der Waals surface area contributed by atoms with E-state index >= 15 is 0 Å². The number of nitrogens with one attached hydrogen (secondary N) is 1. The molecule has 0 unspecified atom stereocenters. The Hall–Kier alpha value is -1.02. The first-order valence-electron chi connectivity index (χ1n) is 5.81. The molecule has 1 N–H and O–H groups in total. The number of hydrogen-bond acceptors (Lipinski definition) is 3. The fraction of sp³-hybridized carbons (Fsp3) is 0.0769. The van der Waals surface area contributed by atoms with E-state index < -0.39 is 15.8 Å². The van der Waals surface area contributed by atoms with Crippen molar-refractivity contribution in [3.05, 3.63) is 52.5 Å². The van der Waals surface area contributed by atoms with Crippen LogP contribution in [0.4, 0.5) is 14.5 Å². The van der Waals surface area contributed by atoms with Crippen molar-refractivity contribution >= 4 is 50.7 Å². The standard InChI is InChI=1S/C13H9Cl2F2NO2S2/c14-10-2-1-3-11(12(10)15)22(19,20)18-8-4-6-9(7-5-8)21-13(16)17/h1-7,13,18H. The second kappa shape index (κ2) is 7.04. The van der Waals surface area contributed by atoms with Crippen LogP contribution >= 0.6 is 35.0 Å². The largest absolute Gasteiger partial charge is 0.288 e. The summed E-state index contributed by atoms with van der Waals surface area (Å²) >= 11 is 12.1.